The molecule has 18 heavy (non-hydrogen) atoms. The maximum absolute atomic E-state index is 12.0. The average molecular weight is 248 g/mol. The van der Waals surface area contributed by atoms with Gasteiger partial charge < -0.3 is 10.1 Å². The first-order valence-corrected chi connectivity index (χ1v) is 6.47. The number of rotatable bonds is 3. The molecule has 0 saturated carbocycles. The zero-order valence-corrected chi connectivity index (χ0v) is 11.0. The molecule has 0 spiro atoms. The molecule has 1 amide bonds. The van der Waals surface area contributed by atoms with Gasteiger partial charge in [-0.05, 0) is 38.3 Å². The topological polar surface area (TPSA) is 51.2 Å². The second-order valence-electron chi connectivity index (χ2n) is 4.85. The van der Waals surface area contributed by atoms with E-state index in [1.54, 1.807) is 6.20 Å². The Hall–Kier alpha value is -1.42. The Morgan fingerprint density at radius 1 is 1.56 bits per heavy atom. The van der Waals surface area contributed by atoms with E-state index in [2.05, 4.69) is 10.3 Å². The summed E-state index contributed by atoms with van der Waals surface area (Å²) in [7, 11) is 0. The van der Waals surface area contributed by atoms with Gasteiger partial charge in [-0.15, -0.1) is 0 Å². The molecule has 1 aromatic heterocycles. The summed E-state index contributed by atoms with van der Waals surface area (Å²) in [4.78, 5) is 16.2. The van der Waals surface area contributed by atoms with Gasteiger partial charge in [-0.25, -0.2) is 0 Å². The van der Waals surface area contributed by atoms with Crippen LogP contribution in [0.1, 0.15) is 31.0 Å². The Labute approximate surface area is 108 Å². The van der Waals surface area contributed by atoms with Crippen molar-refractivity contribution in [2.75, 3.05) is 6.61 Å². The fourth-order valence-electron chi connectivity index (χ4n) is 2.19. The van der Waals surface area contributed by atoms with Gasteiger partial charge in [0.15, 0.2) is 0 Å². The number of pyridine rings is 1. The summed E-state index contributed by atoms with van der Waals surface area (Å²) in [5.41, 5.74) is 2.01. The van der Waals surface area contributed by atoms with Crippen molar-refractivity contribution in [2.45, 2.75) is 39.3 Å². The highest BCUT2D eigenvalue weighted by molar-refractivity contribution is 5.79. The van der Waals surface area contributed by atoms with Crippen LogP contribution >= 0.6 is 0 Å². The molecule has 2 rings (SSSR count). The highest BCUT2D eigenvalue weighted by atomic mass is 16.5. The van der Waals surface area contributed by atoms with Crippen molar-refractivity contribution in [1.82, 2.24) is 10.3 Å². The smallest absolute Gasteiger partial charge is 0.225 e. The number of carbonyl (C=O) groups excluding carboxylic acids is 1. The summed E-state index contributed by atoms with van der Waals surface area (Å²) < 4.78 is 5.51. The van der Waals surface area contributed by atoms with Crippen LogP contribution in [0, 0.1) is 12.8 Å². The molecule has 0 radical (unpaired) electrons. The Morgan fingerprint density at radius 3 is 3.06 bits per heavy atom. The zero-order valence-electron chi connectivity index (χ0n) is 11.0. The van der Waals surface area contributed by atoms with Crippen LogP contribution < -0.4 is 5.32 Å². The second-order valence-corrected chi connectivity index (χ2v) is 4.85. The molecule has 98 valence electrons. The van der Waals surface area contributed by atoms with Crippen molar-refractivity contribution >= 4 is 5.91 Å². The summed E-state index contributed by atoms with van der Waals surface area (Å²) in [6, 6.07) is 3.94. The van der Waals surface area contributed by atoms with Crippen LogP contribution in [0.3, 0.4) is 0 Å². The molecule has 0 aliphatic carbocycles. The van der Waals surface area contributed by atoms with E-state index in [0.29, 0.717) is 6.54 Å². The Morgan fingerprint density at radius 2 is 2.39 bits per heavy atom. The normalized spacial score (nSPS) is 23.7. The minimum absolute atomic E-state index is 0.0165. The molecule has 1 fully saturated rings. The molecular formula is C14H20N2O2. The lowest BCUT2D eigenvalue weighted by molar-refractivity contribution is -0.133. The lowest BCUT2D eigenvalue weighted by Gasteiger charge is -2.28. The lowest BCUT2D eigenvalue weighted by atomic mass is 9.94. The Balaban J connectivity index is 1.85. The molecule has 1 aliphatic heterocycles. The molecular weight excluding hydrogens is 228 g/mol. The number of hydrogen-bond donors (Lipinski definition) is 1. The van der Waals surface area contributed by atoms with Crippen LogP contribution in [0.15, 0.2) is 18.3 Å². The molecule has 0 aromatic carbocycles. The number of ether oxygens (including phenoxy) is 1. The number of nitrogens with zero attached hydrogens (tertiary/aromatic N) is 1. The third kappa shape index (κ3) is 3.29. The monoisotopic (exact) mass is 248 g/mol. The van der Waals surface area contributed by atoms with Gasteiger partial charge in [0.25, 0.3) is 0 Å². The van der Waals surface area contributed by atoms with Gasteiger partial charge in [0.2, 0.25) is 5.91 Å². The molecule has 0 bridgehead atoms. The fourth-order valence-corrected chi connectivity index (χ4v) is 2.19. The molecule has 1 aliphatic rings. The number of amides is 1. The summed E-state index contributed by atoms with van der Waals surface area (Å²) in [6.07, 6.45) is 3.71. The van der Waals surface area contributed by atoms with Crippen LogP contribution in [0.25, 0.3) is 0 Å². The zero-order chi connectivity index (χ0) is 13.0. The van der Waals surface area contributed by atoms with E-state index >= 15 is 0 Å². The van der Waals surface area contributed by atoms with E-state index in [4.69, 9.17) is 4.74 Å². The van der Waals surface area contributed by atoms with E-state index in [-0.39, 0.29) is 17.9 Å². The lowest BCUT2D eigenvalue weighted by Crippen LogP contribution is -2.39. The van der Waals surface area contributed by atoms with Crippen LogP contribution in [0.5, 0.6) is 0 Å². The second kappa shape index (κ2) is 5.96. The molecule has 4 heteroatoms. The largest absolute Gasteiger partial charge is 0.378 e. The third-order valence-electron chi connectivity index (χ3n) is 3.38. The van der Waals surface area contributed by atoms with Gasteiger partial charge in [0.05, 0.1) is 12.0 Å². The maximum atomic E-state index is 12.0. The average Bonchev–Trinajstić information content (AvgIpc) is 2.38. The van der Waals surface area contributed by atoms with Crippen LogP contribution in [0.4, 0.5) is 0 Å². The first-order chi connectivity index (χ1) is 8.66. The summed E-state index contributed by atoms with van der Waals surface area (Å²) in [5, 5.41) is 2.96. The summed E-state index contributed by atoms with van der Waals surface area (Å²) >= 11 is 0. The van der Waals surface area contributed by atoms with Gasteiger partial charge in [-0.1, -0.05) is 6.07 Å². The van der Waals surface area contributed by atoms with Crippen LogP contribution in [-0.4, -0.2) is 23.6 Å². The number of aryl methyl sites for hydroxylation is 1. The van der Waals surface area contributed by atoms with Gasteiger partial charge >= 0.3 is 0 Å². The number of aromatic nitrogens is 1. The number of nitrogens with one attached hydrogen (secondary N) is 1. The molecule has 1 N–H and O–H groups in total. The van der Waals surface area contributed by atoms with Crippen LogP contribution in [-0.2, 0) is 16.1 Å². The molecule has 4 nitrogen and oxygen atoms in total. The standard InChI is InChI=1S/C14H20N2O2/c1-10-5-6-12(8-15-10)9-16-14(17)13-4-3-7-18-11(13)2/h5-6,8,11,13H,3-4,7,9H2,1-2H3,(H,16,17)/t11-,13+/m1/s1. The quantitative estimate of drug-likeness (QED) is 0.887. The number of carbonyl (C=O) groups is 1. The van der Waals surface area contributed by atoms with Gasteiger partial charge in [0, 0.05) is 25.0 Å². The van der Waals surface area contributed by atoms with Crippen molar-refractivity contribution in [2.24, 2.45) is 5.92 Å². The summed E-state index contributed by atoms with van der Waals surface area (Å²) in [5.74, 6) is 0.0694. The van der Waals surface area contributed by atoms with Crippen molar-refractivity contribution in [1.29, 1.82) is 0 Å². The van der Waals surface area contributed by atoms with E-state index < -0.39 is 0 Å². The van der Waals surface area contributed by atoms with Crippen molar-refractivity contribution in [3.63, 3.8) is 0 Å². The van der Waals surface area contributed by atoms with Crippen molar-refractivity contribution < 1.29 is 9.53 Å². The van der Waals surface area contributed by atoms with Crippen molar-refractivity contribution in [3.8, 4) is 0 Å². The predicted molar refractivity (Wildman–Crippen MR) is 69.0 cm³/mol. The molecule has 2 atom stereocenters. The van der Waals surface area contributed by atoms with Gasteiger partial charge in [-0.2, -0.15) is 0 Å². The van der Waals surface area contributed by atoms with Gasteiger partial charge in [-0.3, -0.25) is 9.78 Å². The SMILES string of the molecule is Cc1ccc(CNC(=O)[C@H]2CCCO[C@@H]2C)cn1. The number of hydrogen-bond acceptors (Lipinski definition) is 3. The van der Waals surface area contributed by atoms with E-state index in [1.165, 1.54) is 0 Å². The first-order valence-electron chi connectivity index (χ1n) is 6.47. The van der Waals surface area contributed by atoms with E-state index in [1.807, 2.05) is 26.0 Å². The van der Waals surface area contributed by atoms with Crippen molar-refractivity contribution in [3.05, 3.63) is 29.6 Å². The predicted octanol–water partition coefficient (Wildman–Crippen LogP) is 1.82. The summed E-state index contributed by atoms with van der Waals surface area (Å²) in [6.45, 7) is 5.22. The first kappa shape index (κ1) is 13.0. The van der Waals surface area contributed by atoms with Gasteiger partial charge in [0.1, 0.15) is 0 Å². The molecule has 1 aromatic rings. The fraction of sp³-hybridized carbons (Fsp3) is 0.571. The highest BCUT2D eigenvalue weighted by Gasteiger charge is 2.28. The molecule has 2 heterocycles. The Bertz CT molecular complexity index is 403. The molecule has 0 unspecified atom stereocenters. The van der Waals surface area contributed by atoms with E-state index in [0.717, 1.165) is 30.7 Å². The highest BCUT2D eigenvalue weighted by Crippen LogP contribution is 2.20. The van der Waals surface area contributed by atoms with E-state index in [9.17, 15) is 4.79 Å². The minimum Gasteiger partial charge on any atom is -0.378 e. The minimum atomic E-state index is -0.0165. The van der Waals surface area contributed by atoms with Crippen LogP contribution in [0.2, 0.25) is 0 Å². The maximum Gasteiger partial charge on any atom is 0.225 e. The Kier molecular flexibility index (Phi) is 4.31. The molecule has 1 saturated heterocycles. The third-order valence-corrected chi connectivity index (χ3v) is 3.38.